The summed E-state index contributed by atoms with van der Waals surface area (Å²) >= 11 is 0. The van der Waals surface area contributed by atoms with Crippen molar-refractivity contribution in [3.63, 3.8) is 0 Å². The van der Waals surface area contributed by atoms with Crippen molar-refractivity contribution in [2.75, 3.05) is 19.8 Å². The van der Waals surface area contributed by atoms with Crippen molar-refractivity contribution in [2.45, 2.75) is 68.1 Å². The van der Waals surface area contributed by atoms with Gasteiger partial charge < -0.3 is 14.4 Å². The summed E-state index contributed by atoms with van der Waals surface area (Å²) in [5.74, 6) is -0.751. The van der Waals surface area contributed by atoms with E-state index in [1.54, 1.807) is 10.8 Å². The molecular weight excluding hydrogens is 468 g/mol. The first-order valence-electron chi connectivity index (χ1n) is 11.0. The minimum atomic E-state index is -5.59. The summed E-state index contributed by atoms with van der Waals surface area (Å²) < 4.78 is 90.5. The molecule has 0 radical (unpaired) electrons. The number of nitrogens with zero attached hydrogens (tertiary/aromatic N) is 1. The van der Waals surface area contributed by atoms with E-state index in [9.17, 15) is 30.8 Å². The molecule has 1 amide bonds. The summed E-state index contributed by atoms with van der Waals surface area (Å²) in [4.78, 5) is 14.3. The second-order valence-corrected chi connectivity index (χ2v) is 10.4. The van der Waals surface area contributed by atoms with E-state index < -0.39 is 45.9 Å². The maximum absolute atomic E-state index is 14.6. The Labute approximate surface area is 189 Å². The molecule has 1 aromatic carbocycles. The van der Waals surface area contributed by atoms with Crippen LogP contribution in [0, 0.1) is 5.82 Å². The van der Waals surface area contributed by atoms with Crippen LogP contribution in [-0.4, -0.2) is 62.7 Å². The lowest BCUT2D eigenvalue weighted by atomic mass is 9.82. The maximum atomic E-state index is 14.6. The fourth-order valence-electron chi connectivity index (χ4n) is 4.99. The third-order valence-corrected chi connectivity index (χ3v) is 7.88. The number of carbonyl (C=O) groups excluding carboxylic acids is 1. The number of nitrogens with one attached hydrogen (secondary N) is 1. The zero-order valence-corrected chi connectivity index (χ0v) is 18.6. The van der Waals surface area contributed by atoms with Gasteiger partial charge in [-0.15, -0.1) is 0 Å². The molecule has 0 spiro atoms. The van der Waals surface area contributed by atoms with E-state index in [0.29, 0.717) is 37.7 Å². The lowest BCUT2D eigenvalue weighted by molar-refractivity contribution is -0.140. The van der Waals surface area contributed by atoms with Crippen LogP contribution in [0.25, 0.3) is 0 Å². The van der Waals surface area contributed by atoms with Crippen LogP contribution >= 0.6 is 0 Å². The van der Waals surface area contributed by atoms with Crippen LogP contribution in [0.3, 0.4) is 0 Å². The Hall–Kier alpha value is -1.92. The van der Waals surface area contributed by atoms with Crippen LogP contribution < -0.4 is 9.46 Å². The molecule has 4 aliphatic rings. The van der Waals surface area contributed by atoms with Crippen LogP contribution in [0.1, 0.15) is 50.0 Å². The summed E-state index contributed by atoms with van der Waals surface area (Å²) in [6.07, 6.45) is 2.72. The lowest BCUT2D eigenvalue weighted by Gasteiger charge is -2.42. The second-order valence-electron chi connectivity index (χ2n) is 8.72. The van der Waals surface area contributed by atoms with Crippen LogP contribution in [-0.2, 0) is 19.6 Å². The van der Waals surface area contributed by atoms with Gasteiger partial charge in [-0.05, 0) is 56.6 Å². The van der Waals surface area contributed by atoms with Gasteiger partial charge in [0, 0.05) is 18.2 Å². The van der Waals surface area contributed by atoms with Gasteiger partial charge in [0.1, 0.15) is 11.6 Å². The molecule has 2 bridgehead atoms. The van der Waals surface area contributed by atoms with E-state index in [-0.39, 0.29) is 37.3 Å². The van der Waals surface area contributed by atoms with Crippen LogP contribution in [0.15, 0.2) is 18.2 Å². The van der Waals surface area contributed by atoms with E-state index in [1.807, 2.05) is 0 Å². The predicted octanol–water partition coefficient (Wildman–Crippen LogP) is 3.06. The van der Waals surface area contributed by atoms with Gasteiger partial charge >= 0.3 is 15.5 Å². The fraction of sp³-hybridized carbons (Fsp3) is 0.667. The molecule has 33 heavy (non-hydrogen) atoms. The summed E-state index contributed by atoms with van der Waals surface area (Å²) in [6, 6.07) is 2.37. The highest BCUT2D eigenvalue weighted by Gasteiger charge is 2.49. The highest BCUT2D eigenvalue weighted by molar-refractivity contribution is 7.90. The first kappa shape index (κ1) is 24.2. The number of rotatable bonds is 2. The number of fused-ring (bicyclic) bond motifs is 5. The molecule has 1 unspecified atom stereocenters. The summed E-state index contributed by atoms with van der Waals surface area (Å²) in [7, 11) is -5.59. The quantitative estimate of drug-likeness (QED) is 0.639. The third kappa shape index (κ3) is 5.12. The predicted molar refractivity (Wildman–Crippen MR) is 109 cm³/mol. The Morgan fingerprint density at radius 1 is 1.09 bits per heavy atom. The van der Waals surface area contributed by atoms with Crippen molar-refractivity contribution in [2.24, 2.45) is 0 Å². The highest BCUT2D eigenvalue weighted by atomic mass is 32.2. The molecule has 3 heterocycles. The summed E-state index contributed by atoms with van der Waals surface area (Å²) in [5.41, 5.74) is -5.03. The number of hydrogen-bond donors (Lipinski definition) is 1. The molecule has 1 aromatic rings. The standard InChI is InChI=1S/C21H26F4N2O5S/c22-15-3-1-5-18-20(15)13-6-8-14(9-7-13)31-11-17-16(26-33(29,30)21(23,24)25)4-2-10-27(17)19(28)12-32-18/h1,3,5,13-14,16-17,26H,2,4,6-12H2/t13?,14?,16?,17-/m0/s1. The molecule has 1 saturated carbocycles. The van der Waals surface area contributed by atoms with Crippen LogP contribution in [0.4, 0.5) is 17.6 Å². The minimum absolute atomic E-state index is 0.0918. The Kier molecular flexibility index (Phi) is 6.88. The number of sulfonamides is 1. The summed E-state index contributed by atoms with van der Waals surface area (Å²) in [6.45, 7) is -0.320. The molecule has 7 nitrogen and oxygen atoms in total. The third-order valence-electron chi connectivity index (χ3n) is 6.66. The Morgan fingerprint density at radius 2 is 1.82 bits per heavy atom. The van der Waals surface area contributed by atoms with E-state index >= 15 is 0 Å². The number of benzene rings is 1. The topological polar surface area (TPSA) is 84.9 Å². The first-order chi connectivity index (χ1) is 15.6. The van der Waals surface area contributed by atoms with Crippen LogP contribution in [0.2, 0.25) is 0 Å². The molecule has 1 saturated heterocycles. The van der Waals surface area contributed by atoms with Crippen LogP contribution in [0.5, 0.6) is 5.75 Å². The van der Waals surface area contributed by atoms with E-state index in [4.69, 9.17) is 9.47 Å². The number of ether oxygens (including phenoxy) is 2. The number of amides is 1. The number of carbonyl (C=O) groups is 1. The zero-order valence-electron chi connectivity index (χ0n) is 17.8. The number of hydrogen-bond acceptors (Lipinski definition) is 5. The zero-order chi connectivity index (χ0) is 23.8. The van der Waals surface area contributed by atoms with Gasteiger partial charge in [0.25, 0.3) is 5.91 Å². The molecule has 1 N–H and O–H groups in total. The molecule has 12 heteroatoms. The number of piperidine rings is 1. The first-order valence-corrected chi connectivity index (χ1v) is 12.5. The van der Waals surface area contributed by atoms with Gasteiger partial charge in [-0.25, -0.2) is 17.5 Å². The highest BCUT2D eigenvalue weighted by Crippen LogP contribution is 2.40. The molecule has 3 aliphatic heterocycles. The van der Waals surface area contributed by atoms with Gasteiger partial charge in [-0.1, -0.05) is 6.07 Å². The van der Waals surface area contributed by atoms with E-state index in [1.165, 1.54) is 17.0 Å². The molecule has 1 aliphatic carbocycles. The molecule has 184 valence electrons. The maximum Gasteiger partial charge on any atom is 0.511 e. The molecule has 5 rings (SSSR count). The molecule has 2 fully saturated rings. The van der Waals surface area contributed by atoms with Crippen molar-refractivity contribution < 1.29 is 40.2 Å². The monoisotopic (exact) mass is 494 g/mol. The van der Waals surface area contributed by atoms with Crippen molar-refractivity contribution >= 4 is 15.9 Å². The Balaban J connectivity index is 1.62. The average molecular weight is 495 g/mol. The molecular formula is C21H26F4N2O5S. The SMILES string of the molecule is O=C1COc2cccc(F)c2C2CCC(CC2)OC[C@H]2C(NS(=O)(=O)C(F)(F)F)CCCN12. The van der Waals surface area contributed by atoms with Gasteiger partial charge in [-0.2, -0.15) is 13.2 Å². The van der Waals surface area contributed by atoms with E-state index in [2.05, 4.69) is 0 Å². The summed E-state index contributed by atoms with van der Waals surface area (Å²) in [5, 5.41) is 0. The van der Waals surface area contributed by atoms with Gasteiger partial charge in [0.05, 0.1) is 18.8 Å². The molecule has 2 atom stereocenters. The van der Waals surface area contributed by atoms with Crippen molar-refractivity contribution in [1.82, 2.24) is 9.62 Å². The Bertz CT molecular complexity index is 979. The fourth-order valence-corrected chi connectivity index (χ4v) is 5.80. The van der Waals surface area contributed by atoms with Gasteiger partial charge in [-0.3, -0.25) is 4.79 Å². The largest absolute Gasteiger partial charge is 0.511 e. The minimum Gasteiger partial charge on any atom is -0.483 e. The average Bonchev–Trinajstić information content (AvgIpc) is 2.77. The van der Waals surface area contributed by atoms with Gasteiger partial charge in [0.2, 0.25) is 0 Å². The van der Waals surface area contributed by atoms with Gasteiger partial charge in [0.15, 0.2) is 6.61 Å². The normalized spacial score (nSPS) is 29.2. The number of alkyl halides is 3. The second kappa shape index (κ2) is 9.38. The van der Waals surface area contributed by atoms with E-state index in [0.717, 1.165) is 0 Å². The van der Waals surface area contributed by atoms with Crippen molar-refractivity contribution in [3.8, 4) is 5.75 Å². The Morgan fingerprint density at radius 3 is 2.52 bits per heavy atom. The molecule has 0 aromatic heterocycles. The number of halogens is 4. The van der Waals surface area contributed by atoms with Crippen molar-refractivity contribution in [1.29, 1.82) is 0 Å². The lowest BCUT2D eigenvalue weighted by Crippen LogP contribution is -2.60. The smallest absolute Gasteiger partial charge is 0.483 e. The van der Waals surface area contributed by atoms with Crippen molar-refractivity contribution in [3.05, 3.63) is 29.6 Å².